The molecule has 0 aliphatic rings. The van der Waals surface area contributed by atoms with E-state index in [9.17, 15) is 0 Å². The Kier molecular flexibility index (Phi) is 4.42. The highest BCUT2D eigenvalue weighted by atomic mass is 35.5. The summed E-state index contributed by atoms with van der Waals surface area (Å²) in [5, 5.41) is 4.89. The van der Waals surface area contributed by atoms with E-state index in [1.54, 1.807) is 7.11 Å². The summed E-state index contributed by atoms with van der Waals surface area (Å²) >= 11 is 6.08. The average molecular weight is 254 g/mol. The minimum Gasteiger partial charge on any atom is -0.444 e. The molecule has 2 rings (SSSR count). The molecule has 17 heavy (non-hydrogen) atoms. The van der Waals surface area contributed by atoms with Crippen LogP contribution < -0.4 is 5.32 Å². The Balaban J connectivity index is 2.00. The van der Waals surface area contributed by atoms with Gasteiger partial charge in [0.1, 0.15) is 5.58 Å². The summed E-state index contributed by atoms with van der Waals surface area (Å²) in [4.78, 5) is 0. The van der Waals surface area contributed by atoms with Crippen molar-refractivity contribution in [3.63, 3.8) is 0 Å². The van der Waals surface area contributed by atoms with E-state index in [4.69, 9.17) is 20.8 Å². The number of hydrogen-bond acceptors (Lipinski definition) is 3. The van der Waals surface area contributed by atoms with Crippen molar-refractivity contribution < 1.29 is 9.15 Å². The Morgan fingerprint density at radius 3 is 3.00 bits per heavy atom. The first kappa shape index (κ1) is 12.4. The van der Waals surface area contributed by atoms with Crippen LogP contribution in [0, 0.1) is 0 Å². The van der Waals surface area contributed by atoms with Gasteiger partial charge in [0.05, 0.1) is 0 Å². The first-order chi connectivity index (χ1) is 8.33. The maximum atomic E-state index is 6.08. The minimum atomic E-state index is 0.477. The van der Waals surface area contributed by atoms with Gasteiger partial charge in [-0.05, 0) is 30.6 Å². The fraction of sp³-hybridized carbons (Fsp3) is 0.385. The van der Waals surface area contributed by atoms with Gasteiger partial charge in [0.15, 0.2) is 5.22 Å². The van der Waals surface area contributed by atoms with Crippen molar-refractivity contribution in [3.05, 3.63) is 35.0 Å². The smallest absolute Gasteiger partial charge is 0.199 e. The first-order valence-corrected chi connectivity index (χ1v) is 6.06. The highest BCUT2D eigenvalue weighted by molar-refractivity contribution is 6.30. The van der Waals surface area contributed by atoms with Gasteiger partial charge in [0.25, 0.3) is 0 Å². The summed E-state index contributed by atoms with van der Waals surface area (Å²) in [5.74, 6) is 0. The van der Waals surface area contributed by atoms with Gasteiger partial charge < -0.3 is 14.5 Å². The van der Waals surface area contributed by atoms with Gasteiger partial charge in [-0.2, -0.15) is 0 Å². The number of benzene rings is 1. The number of fused-ring (bicyclic) bond motifs is 1. The molecule has 1 heterocycles. The molecule has 1 aromatic heterocycles. The van der Waals surface area contributed by atoms with Crippen LogP contribution in [-0.4, -0.2) is 20.3 Å². The molecule has 0 fully saturated rings. The molecule has 92 valence electrons. The molecular formula is C13H16ClNO2. The van der Waals surface area contributed by atoms with Gasteiger partial charge in [0.2, 0.25) is 0 Å². The fourth-order valence-corrected chi connectivity index (χ4v) is 2.04. The summed E-state index contributed by atoms with van der Waals surface area (Å²) < 4.78 is 10.5. The number of para-hydroxylation sites is 1. The third-order valence-electron chi connectivity index (χ3n) is 2.65. The van der Waals surface area contributed by atoms with Crippen LogP contribution in [0.2, 0.25) is 5.22 Å². The third kappa shape index (κ3) is 3.00. The molecule has 0 saturated carbocycles. The van der Waals surface area contributed by atoms with Gasteiger partial charge in [-0.25, -0.2) is 0 Å². The highest BCUT2D eigenvalue weighted by Gasteiger charge is 2.10. The van der Waals surface area contributed by atoms with Crippen molar-refractivity contribution in [1.29, 1.82) is 0 Å². The van der Waals surface area contributed by atoms with Gasteiger partial charge >= 0.3 is 0 Å². The quantitative estimate of drug-likeness (QED) is 0.803. The second-order valence-electron chi connectivity index (χ2n) is 3.87. The Morgan fingerprint density at radius 2 is 2.18 bits per heavy atom. The Morgan fingerprint density at radius 1 is 1.35 bits per heavy atom. The number of methoxy groups -OCH3 is 1. The maximum absolute atomic E-state index is 6.08. The lowest BCUT2D eigenvalue weighted by Crippen LogP contribution is -2.16. The number of ether oxygens (including phenoxy) is 1. The van der Waals surface area contributed by atoms with E-state index in [-0.39, 0.29) is 0 Å². The van der Waals surface area contributed by atoms with E-state index in [2.05, 4.69) is 5.32 Å². The topological polar surface area (TPSA) is 34.4 Å². The van der Waals surface area contributed by atoms with Crippen LogP contribution in [0.25, 0.3) is 11.0 Å². The van der Waals surface area contributed by atoms with Crippen LogP contribution in [0.15, 0.2) is 28.7 Å². The fourth-order valence-electron chi connectivity index (χ4n) is 1.79. The Hall–Kier alpha value is -1.03. The minimum absolute atomic E-state index is 0.477. The predicted molar refractivity (Wildman–Crippen MR) is 69.4 cm³/mol. The summed E-state index contributed by atoms with van der Waals surface area (Å²) in [5.41, 5.74) is 1.87. The first-order valence-electron chi connectivity index (χ1n) is 5.68. The summed E-state index contributed by atoms with van der Waals surface area (Å²) in [7, 11) is 1.71. The molecule has 0 atom stereocenters. The third-order valence-corrected chi connectivity index (χ3v) is 2.96. The Bertz CT molecular complexity index is 481. The summed E-state index contributed by atoms with van der Waals surface area (Å²) in [6, 6.07) is 7.88. The molecule has 0 saturated heterocycles. The van der Waals surface area contributed by atoms with Crippen molar-refractivity contribution in [2.45, 2.75) is 13.0 Å². The largest absolute Gasteiger partial charge is 0.444 e. The SMILES string of the molecule is COCCCNCc1c(Cl)oc2ccccc12. The van der Waals surface area contributed by atoms with Crippen LogP contribution in [0.4, 0.5) is 0 Å². The van der Waals surface area contributed by atoms with Crippen molar-refractivity contribution in [2.24, 2.45) is 0 Å². The van der Waals surface area contributed by atoms with Crippen LogP contribution in [-0.2, 0) is 11.3 Å². The normalized spacial score (nSPS) is 11.2. The summed E-state index contributed by atoms with van der Waals surface area (Å²) in [6.45, 7) is 2.40. The van der Waals surface area contributed by atoms with Crippen LogP contribution in [0.3, 0.4) is 0 Å². The molecule has 0 spiro atoms. The number of hydrogen-bond donors (Lipinski definition) is 1. The van der Waals surface area contributed by atoms with Gasteiger partial charge in [-0.1, -0.05) is 18.2 Å². The molecule has 0 aliphatic heterocycles. The number of nitrogens with one attached hydrogen (secondary N) is 1. The zero-order valence-corrected chi connectivity index (χ0v) is 10.6. The molecule has 0 radical (unpaired) electrons. The lowest BCUT2D eigenvalue weighted by Gasteiger charge is -2.03. The van der Waals surface area contributed by atoms with Gasteiger partial charge in [0, 0.05) is 31.2 Å². The van der Waals surface area contributed by atoms with E-state index in [0.717, 1.165) is 42.6 Å². The monoisotopic (exact) mass is 253 g/mol. The zero-order chi connectivity index (χ0) is 12.1. The molecule has 1 aromatic carbocycles. The molecule has 4 heteroatoms. The highest BCUT2D eigenvalue weighted by Crippen LogP contribution is 2.29. The van der Waals surface area contributed by atoms with Crippen molar-refractivity contribution in [2.75, 3.05) is 20.3 Å². The number of halogens is 1. The van der Waals surface area contributed by atoms with Crippen LogP contribution in [0.5, 0.6) is 0 Å². The van der Waals surface area contributed by atoms with Crippen molar-refractivity contribution in [1.82, 2.24) is 5.32 Å². The second-order valence-corrected chi connectivity index (χ2v) is 4.22. The molecule has 3 nitrogen and oxygen atoms in total. The van der Waals surface area contributed by atoms with E-state index >= 15 is 0 Å². The maximum Gasteiger partial charge on any atom is 0.199 e. The Labute approximate surface area is 106 Å². The molecule has 0 aliphatic carbocycles. The molecule has 1 N–H and O–H groups in total. The van der Waals surface area contributed by atoms with Crippen LogP contribution >= 0.6 is 11.6 Å². The van der Waals surface area contributed by atoms with E-state index in [1.807, 2.05) is 24.3 Å². The standard InChI is InChI=1S/C13H16ClNO2/c1-16-8-4-7-15-9-11-10-5-2-3-6-12(10)17-13(11)14/h2-3,5-6,15H,4,7-9H2,1H3. The van der Waals surface area contributed by atoms with Gasteiger partial charge in [-0.3, -0.25) is 0 Å². The summed E-state index contributed by atoms with van der Waals surface area (Å²) in [6.07, 6.45) is 0.990. The lowest BCUT2D eigenvalue weighted by molar-refractivity contribution is 0.194. The van der Waals surface area contributed by atoms with Crippen LogP contribution in [0.1, 0.15) is 12.0 Å². The van der Waals surface area contributed by atoms with Crippen molar-refractivity contribution in [3.8, 4) is 0 Å². The molecule has 2 aromatic rings. The average Bonchev–Trinajstić information content (AvgIpc) is 2.65. The molecule has 0 amide bonds. The van der Waals surface area contributed by atoms with E-state index < -0.39 is 0 Å². The number of furan rings is 1. The second kappa shape index (κ2) is 6.05. The number of rotatable bonds is 6. The zero-order valence-electron chi connectivity index (χ0n) is 9.83. The van der Waals surface area contributed by atoms with E-state index in [1.165, 1.54) is 0 Å². The predicted octanol–water partition coefficient (Wildman–Crippen LogP) is 3.21. The lowest BCUT2D eigenvalue weighted by atomic mass is 10.2. The molecular weight excluding hydrogens is 238 g/mol. The van der Waals surface area contributed by atoms with Crippen molar-refractivity contribution >= 4 is 22.6 Å². The van der Waals surface area contributed by atoms with E-state index in [0.29, 0.717) is 5.22 Å². The molecule has 0 bridgehead atoms. The van der Waals surface area contributed by atoms with Gasteiger partial charge in [-0.15, -0.1) is 0 Å². The molecule has 0 unspecified atom stereocenters.